The van der Waals surface area contributed by atoms with Crippen LogP contribution in [0.3, 0.4) is 0 Å². The first-order chi connectivity index (χ1) is 8.25. The molecular weight excluding hydrogens is 274 g/mol. The van der Waals surface area contributed by atoms with Gasteiger partial charge in [-0.3, -0.25) is 4.79 Å². The van der Waals surface area contributed by atoms with Crippen molar-refractivity contribution in [3.8, 4) is 0 Å². The van der Waals surface area contributed by atoms with Gasteiger partial charge in [-0.2, -0.15) is 0 Å². The molecule has 0 spiro atoms. The molecule has 0 saturated heterocycles. The molecule has 1 amide bonds. The highest BCUT2D eigenvalue weighted by Crippen LogP contribution is 2.23. The van der Waals surface area contributed by atoms with Crippen molar-refractivity contribution in [2.75, 3.05) is 5.32 Å². The second-order valence-electron chi connectivity index (χ2n) is 4.22. The molecule has 0 aliphatic carbocycles. The van der Waals surface area contributed by atoms with Gasteiger partial charge in [0, 0.05) is 22.3 Å². The predicted octanol–water partition coefficient (Wildman–Crippen LogP) is 2.91. The first-order valence-corrected chi connectivity index (χ1v) is 7.92. The minimum atomic E-state index is -3.74. The Bertz CT molecular complexity index is 554. The number of benzene rings is 1. The maximum absolute atomic E-state index is 11.7. The molecule has 4 nitrogen and oxygen atoms in total. The predicted molar refractivity (Wildman–Crippen MR) is 72.3 cm³/mol. The topological polar surface area (TPSA) is 63.2 Å². The third-order valence-electron chi connectivity index (χ3n) is 2.77. The molecule has 0 aliphatic rings. The summed E-state index contributed by atoms with van der Waals surface area (Å²) in [4.78, 5) is 11.7. The van der Waals surface area contributed by atoms with Crippen molar-refractivity contribution in [3.63, 3.8) is 0 Å². The number of hydrogen-bond donors (Lipinski definition) is 1. The Balaban J connectivity index is 2.96. The number of hydrogen-bond acceptors (Lipinski definition) is 3. The van der Waals surface area contributed by atoms with Crippen molar-refractivity contribution in [1.29, 1.82) is 0 Å². The van der Waals surface area contributed by atoms with Gasteiger partial charge in [0.1, 0.15) is 0 Å². The molecule has 1 N–H and O–H groups in total. The molecule has 1 aromatic carbocycles. The molecule has 0 bridgehead atoms. The van der Waals surface area contributed by atoms with E-state index in [1.807, 2.05) is 13.8 Å². The van der Waals surface area contributed by atoms with Crippen molar-refractivity contribution in [1.82, 2.24) is 0 Å². The molecule has 0 fully saturated rings. The molecule has 0 aromatic heterocycles. The molecule has 1 unspecified atom stereocenters. The van der Waals surface area contributed by atoms with E-state index in [0.29, 0.717) is 11.3 Å². The lowest BCUT2D eigenvalue weighted by molar-refractivity contribution is -0.119. The largest absolute Gasteiger partial charge is 0.326 e. The smallest absolute Gasteiger partial charge is 0.261 e. The zero-order valence-electron chi connectivity index (χ0n) is 10.5. The number of halogens is 1. The molecule has 1 rings (SSSR count). The van der Waals surface area contributed by atoms with Crippen LogP contribution in [0.15, 0.2) is 23.1 Å². The average Bonchev–Trinajstić information content (AvgIpc) is 2.26. The molecule has 100 valence electrons. The average molecular weight is 290 g/mol. The van der Waals surface area contributed by atoms with Gasteiger partial charge in [0.05, 0.1) is 4.90 Å². The summed E-state index contributed by atoms with van der Waals surface area (Å²) < 4.78 is 22.4. The summed E-state index contributed by atoms with van der Waals surface area (Å²) >= 11 is 0. The number of nitrogens with one attached hydrogen (secondary N) is 1. The van der Waals surface area contributed by atoms with Crippen LogP contribution in [-0.2, 0) is 13.8 Å². The third-order valence-corrected chi connectivity index (χ3v) is 4.25. The van der Waals surface area contributed by atoms with Crippen LogP contribution in [0.1, 0.15) is 25.8 Å². The maximum Gasteiger partial charge on any atom is 0.261 e. The van der Waals surface area contributed by atoms with Gasteiger partial charge in [-0.05, 0) is 37.1 Å². The lowest BCUT2D eigenvalue weighted by atomic mass is 10.1. The number of anilines is 1. The van der Waals surface area contributed by atoms with Crippen LogP contribution >= 0.6 is 10.7 Å². The van der Waals surface area contributed by atoms with Crippen molar-refractivity contribution in [3.05, 3.63) is 23.8 Å². The van der Waals surface area contributed by atoms with E-state index in [2.05, 4.69) is 5.32 Å². The molecule has 0 radical (unpaired) electrons. The van der Waals surface area contributed by atoms with Gasteiger partial charge in [-0.25, -0.2) is 8.42 Å². The lowest BCUT2D eigenvalue weighted by Gasteiger charge is -2.11. The van der Waals surface area contributed by atoms with Crippen LogP contribution < -0.4 is 5.32 Å². The Morgan fingerprint density at radius 3 is 2.50 bits per heavy atom. The Hall–Kier alpha value is -1.07. The fourth-order valence-electron chi connectivity index (χ4n) is 1.45. The zero-order valence-corrected chi connectivity index (χ0v) is 12.1. The van der Waals surface area contributed by atoms with E-state index in [-0.39, 0.29) is 16.7 Å². The molecule has 0 saturated carbocycles. The van der Waals surface area contributed by atoms with E-state index in [0.717, 1.165) is 6.42 Å². The van der Waals surface area contributed by atoms with Gasteiger partial charge >= 0.3 is 0 Å². The molecular formula is C12H16ClNO3S. The Morgan fingerprint density at radius 1 is 1.44 bits per heavy atom. The summed E-state index contributed by atoms with van der Waals surface area (Å²) in [5.74, 6) is -0.167. The SMILES string of the molecule is CCC(C)C(=O)Nc1ccc(S(=O)(=O)Cl)c(C)c1. The summed E-state index contributed by atoms with van der Waals surface area (Å²) in [6.07, 6.45) is 0.749. The summed E-state index contributed by atoms with van der Waals surface area (Å²) in [5.41, 5.74) is 1.08. The molecule has 1 aromatic rings. The first-order valence-electron chi connectivity index (χ1n) is 5.62. The summed E-state index contributed by atoms with van der Waals surface area (Å²) in [5, 5.41) is 2.74. The van der Waals surface area contributed by atoms with Crippen LogP contribution in [0.2, 0.25) is 0 Å². The second-order valence-corrected chi connectivity index (χ2v) is 6.75. The molecule has 1 atom stereocenters. The fraction of sp³-hybridized carbons (Fsp3) is 0.417. The first kappa shape index (κ1) is 15.0. The molecule has 18 heavy (non-hydrogen) atoms. The van der Waals surface area contributed by atoms with Crippen LogP contribution in [-0.4, -0.2) is 14.3 Å². The number of aryl methyl sites for hydroxylation is 1. The third kappa shape index (κ3) is 3.71. The zero-order chi connectivity index (χ0) is 13.9. The standard InChI is InChI=1S/C12H16ClNO3S/c1-4-8(2)12(15)14-10-5-6-11(9(3)7-10)18(13,16)17/h5-8H,4H2,1-3H3,(H,14,15). The summed E-state index contributed by atoms with van der Waals surface area (Å²) in [6.45, 7) is 5.40. The quantitative estimate of drug-likeness (QED) is 0.867. The van der Waals surface area contributed by atoms with E-state index in [1.165, 1.54) is 12.1 Å². The number of amides is 1. The molecule has 6 heteroatoms. The van der Waals surface area contributed by atoms with E-state index in [1.54, 1.807) is 13.0 Å². The second kappa shape index (κ2) is 5.71. The van der Waals surface area contributed by atoms with E-state index in [4.69, 9.17) is 10.7 Å². The molecule has 0 heterocycles. The fourth-order valence-corrected chi connectivity index (χ4v) is 2.65. The highest BCUT2D eigenvalue weighted by atomic mass is 35.7. The molecule has 0 aliphatic heterocycles. The van der Waals surface area contributed by atoms with Crippen LogP contribution in [0.4, 0.5) is 5.69 Å². The number of carbonyl (C=O) groups is 1. The van der Waals surface area contributed by atoms with Gasteiger partial charge in [0.15, 0.2) is 0 Å². The van der Waals surface area contributed by atoms with Crippen LogP contribution in [0.5, 0.6) is 0 Å². The summed E-state index contributed by atoms with van der Waals surface area (Å²) in [7, 11) is 1.54. The van der Waals surface area contributed by atoms with E-state index >= 15 is 0 Å². The van der Waals surface area contributed by atoms with Gasteiger partial charge in [-0.1, -0.05) is 13.8 Å². The van der Waals surface area contributed by atoms with Gasteiger partial charge < -0.3 is 5.32 Å². The number of rotatable bonds is 4. The Morgan fingerprint density at radius 2 is 2.06 bits per heavy atom. The van der Waals surface area contributed by atoms with Gasteiger partial charge in [0.2, 0.25) is 5.91 Å². The number of carbonyl (C=O) groups excluding carboxylic acids is 1. The highest BCUT2D eigenvalue weighted by molar-refractivity contribution is 8.13. The highest BCUT2D eigenvalue weighted by Gasteiger charge is 2.15. The van der Waals surface area contributed by atoms with Crippen molar-refractivity contribution >= 4 is 31.3 Å². The van der Waals surface area contributed by atoms with Crippen LogP contribution in [0.25, 0.3) is 0 Å². The lowest BCUT2D eigenvalue weighted by Crippen LogP contribution is -2.19. The van der Waals surface area contributed by atoms with Crippen molar-refractivity contribution in [2.45, 2.75) is 32.1 Å². The minimum absolute atomic E-state index is 0.0608. The monoisotopic (exact) mass is 289 g/mol. The van der Waals surface area contributed by atoms with Crippen molar-refractivity contribution < 1.29 is 13.2 Å². The van der Waals surface area contributed by atoms with E-state index in [9.17, 15) is 13.2 Å². The van der Waals surface area contributed by atoms with Crippen molar-refractivity contribution in [2.24, 2.45) is 5.92 Å². The van der Waals surface area contributed by atoms with E-state index < -0.39 is 9.05 Å². The minimum Gasteiger partial charge on any atom is -0.326 e. The normalized spacial score (nSPS) is 13.1. The van der Waals surface area contributed by atoms with Gasteiger partial charge in [0.25, 0.3) is 9.05 Å². The Labute approximate surface area is 112 Å². The summed E-state index contributed by atoms with van der Waals surface area (Å²) in [6, 6.07) is 4.52. The van der Waals surface area contributed by atoms with Crippen LogP contribution in [0, 0.1) is 12.8 Å². The Kier molecular flexibility index (Phi) is 4.76. The van der Waals surface area contributed by atoms with Gasteiger partial charge in [-0.15, -0.1) is 0 Å². The maximum atomic E-state index is 11.7.